The van der Waals surface area contributed by atoms with Gasteiger partial charge in [0.05, 0.1) is 18.3 Å². The van der Waals surface area contributed by atoms with Gasteiger partial charge in [-0.3, -0.25) is 4.79 Å². The van der Waals surface area contributed by atoms with Gasteiger partial charge in [0, 0.05) is 5.56 Å². The zero-order valence-corrected chi connectivity index (χ0v) is 18.3. The van der Waals surface area contributed by atoms with Crippen molar-refractivity contribution in [3.63, 3.8) is 0 Å². The van der Waals surface area contributed by atoms with E-state index in [9.17, 15) is 13.6 Å². The van der Waals surface area contributed by atoms with E-state index in [0.717, 1.165) is 18.4 Å². The topological polar surface area (TPSA) is 51.2 Å². The number of benzene rings is 2. The van der Waals surface area contributed by atoms with Gasteiger partial charge in [0.25, 0.3) is 5.91 Å². The van der Waals surface area contributed by atoms with Crippen LogP contribution in [-0.2, 0) is 6.42 Å². The van der Waals surface area contributed by atoms with Gasteiger partial charge in [0.15, 0.2) is 5.75 Å². The monoisotopic (exact) mass is 456 g/mol. The third-order valence-corrected chi connectivity index (χ3v) is 5.67. The number of alkyl halides is 1. The van der Waals surface area contributed by atoms with Crippen molar-refractivity contribution >= 4 is 17.5 Å². The minimum Gasteiger partial charge on any atom is -0.455 e. The summed E-state index contributed by atoms with van der Waals surface area (Å²) in [6.45, 7) is 1.50. The van der Waals surface area contributed by atoms with E-state index in [1.165, 1.54) is 30.0 Å². The molecule has 1 aromatic heterocycles. The highest BCUT2D eigenvalue weighted by atomic mass is 35.5. The molecule has 0 aliphatic heterocycles. The Balaban J connectivity index is 1.47. The molecule has 1 saturated carbocycles. The maximum absolute atomic E-state index is 14.6. The van der Waals surface area contributed by atoms with Crippen LogP contribution in [0.5, 0.6) is 11.5 Å². The molecule has 7 heteroatoms. The fourth-order valence-electron chi connectivity index (χ4n) is 3.48. The van der Waals surface area contributed by atoms with Crippen molar-refractivity contribution in [1.82, 2.24) is 10.3 Å². The SMILES string of the molecule is CCc1ccc(C(F)CNC(=O)c2cc(Cl)ncc2Oc2cccc(C3CC3)c2)c(F)c1. The fraction of sp³-hybridized carbons (Fsp3) is 0.280. The molecule has 32 heavy (non-hydrogen) atoms. The highest BCUT2D eigenvalue weighted by Crippen LogP contribution is 2.41. The minimum atomic E-state index is -1.69. The lowest BCUT2D eigenvalue weighted by atomic mass is 10.1. The number of pyridine rings is 1. The first-order valence-electron chi connectivity index (χ1n) is 10.6. The second-order valence-corrected chi connectivity index (χ2v) is 8.23. The average molecular weight is 457 g/mol. The smallest absolute Gasteiger partial charge is 0.255 e. The Labute approximate surface area is 190 Å². The molecule has 1 atom stereocenters. The molecule has 0 bridgehead atoms. The molecule has 1 aliphatic rings. The molecule has 0 spiro atoms. The van der Waals surface area contributed by atoms with Crippen LogP contribution in [0, 0.1) is 5.82 Å². The van der Waals surface area contributed by atoms with E-state index in [1.807, 2.05) is 25.1 Å². The van der Waals surface area contributed by atoms with Crippen molar-refractivity contribution in [2.75, 3.05) is 6.54 Å². The number of carbonyl (C=O) groups excluding carboxylic acids is 1. The van der Waals surface area contributed by atoms with Gasteiger partial charge in [0.2, 0.25) is 0 Å². The summed E-state index contributed by atoms with van der Waals surface area (Å²) in [5, 5.41) is 2.60. The molecular weight excluding hydrogens is 434 g/mol. The van der Waals surface area contributed by atoms with Gasteiger partial charge in [-0.15, -0.1) is 0 Å². The lowest BCUT2D eigenvalue weighted by Crippen LogP contribution is -2.28. The highest BCUT2D eigenvalue weighted by molar-refractivity contribution is 6.29. The van der Waals surface area contributed by atoms with E-state index in [0.29, 0.717) is 18.1 Å². The van der Waals surface area contributed by atoms with Crippen molar-refractivity contribution in [3.05, 3.63) is 88.0 Å². The third-order valence-electron chi connectivity index (χ3n) is 5.47. The summed E-state index contributed by atoms with van der Waals surface area (Å²) in [5.41, 5.74) is 1.99. The number of hydrogen-bond acceptors (Lipinski definition) is 3. The average Bonchev–Trinajstić information content (AvgIpc) is 3.64. The molecule has 3 aromatic rings. The summed E-state index contributed by atoms with van der Waals surface area (Å²) in [7, 11) is 0. The summed E-state index contributed by atoms with van der Waals surface area (Å²) in [5.74, 6) is 0.120. The number of amides is 1. The van der Waals surface area contributed by atoms with Crippen molar-refractivity contribution < 1.29 is 18.3 Å². The van der Waals surface area contributed by atoms with Gasteiger partial charge in [-0.2, -0.15) is 0 Å². The number of rotatable bonds is 8. The lowest BCUT2D eigenvalue weighted by molar-refractivity contribution is 0.0938. The fourth-order valence-corrected chi connectivity index (χ4v) is 3.64. The van der Waals surface area contributed by atoms with Crippen LogP contribution in [0.1, 0.15) is 58.9 Å². The molecule has 1 unspecified atom stereocenters. The van der Waals surface area contributed by atoms with Crippen molar-refractivity contribution in [1.29, 1.82) is 0 Å². The first kappa shape index (κ1) is 22.2. The van der Waals surface area contributed by atoms with Crippen LogP contribution in [0.2, 0.25) is 5.15 Å². The normalized spacial score (nSPS) is 14.1. The molecule has 1 aliphatic carbocycles. The largest absolute Gasteiger partial charge is 0.455 e. The number of nitrogens with zero attached hydrogens (tertiary/aromatic N) is 1. The Morgan fingerprint density at radius 2 is 2.06 bits per heavy atom. The second-order valence-electron chi connectivity index (χ2n) is 7.84. The first-order chi connectivity index (χ1) is 15.4. The number of aromatic nitrogens is 1. The first-order valence-corrected chi connectivity index (χ1v) is 11.0. The predicted octanol–water partition coefficient (Wildman–Crippen LogP) is 6.55. The Hall–Kier alpha value is -2.99. The van der Waals surface area contributed by atoms with Crippen LogP contribution in [-0.4, -0.2) is 17.4 Å². The maximum Gasteiger partial charge on any atom is 0.255 e. The molecular formula is C25H23ClF2N2O2. The summed E-state index contributed by atoms with van der Waals surface area (Å²) in [6.07, 6.45) is 2.64. The van der Waals surface area contributed by atoms with Crippen LogP contribution in [0.3, 0.4) is 0 Å². The summed E-state index contributed by atoms with van der Waals surface area (Å²) < 4.78 is 34.7. The Morgan fingerprint density at radius 3 is 2.78 bits per heavy atom. The van der Waals surface area contributed by atoms with Gasteiger partial charge in [-0.05, 0) is 60.6 Å². The summed E-state index contributed by atoms with van der Waals surface area (Å²) in [6, 6.07) is 13.4. The van der Waals surface area contributed by atoms with Gasteiger partial charge in [-0.25, -0.2) is 13.8 Å². The predicted molar refractivity (Wildman–Crippen MR) is 120 cm³/mol. The van der Waals surface area contributed by atoms with E-state index in [1.54, 1.807) is 12.1 Å². The molecule has 0 radical (unpaired) electrons. The zero-order valence-electron chi connectivity index (χ0n) is 17.6. The lowest BCUT2D eigenvalue weighted by Gasteiger charge is -2.14. The molecule has 166 valence electrons. The molecule has 1 N–H and O–H groups in total. The van der Waals surface area contributed by atoms with Crippen LogP contribution < -0.4 is 10.1 Å². The Bertz CT molecular complexity index is 1130. The van der Waals surface area contributed by atoms with E-state index in [2.05, 4.69) is 10.3 Å². The Morgan fingerprint density at radius 1 is 1.25 bits per heavy atom. The van der Waals surface area contributed by atoms with Crippen LogP contribution in [0.15, 0.2) is 54.7 Å². The van der Waals surface area contributed by atoms with E-state index in [4.69, 9.17) is 16.3 Å². The number of nitrogens with one attached hydrogen (secondary N) is 1. The van der Waals surface area contributed by atoms with Crippen molar-refractivity contribution in [2.45, 2.75) is 38.3 Å². The third kappa shape index (κ3) is 5.25. The van der Waals surface area contributed by atoms with Gasteiger partial charge in [-0.1, -0.05) is 42.8 Å². The number of aryl methyl sites for hydroxylation is 1. The van der Waals surface area contributed by atoms with Gasteiger partial charge >= 0.3 is 0 Å². The van der Waals surface area contributed by atoms with E-state index >= 15 is 0 Å². The molecule has 2 aromatic carbocycles. The van der Waals surface area contributed by atoms with E-state index in [-0.39, 0.29) is 22.0 Å². The van der Waals surface area contributed by atoms with Gasteiger partial charge < -0.3 is 10.1 Å². The molecule has 1 heterocycles. The quantitative estimate of drug-likeness (QED) is 0.391. The van der Waals surface area contributed by atoms with Crippen LogP contribution in [0.4, 0.5) is 8.78 Å². The summed E-state index contributed by atoms with van der Waals surface area (Å²) >= 11 is 5.98. The molecule has 4 nitrogen and oxygen atoms in total. The molecule has 1 fully saturated rings. The van der Waals surface area contributed by atoms with Crippen LogP contribution in [0.25, 0.3) is 0 Å². The number of ether oxygens (including phenoxy) is 1. The zero-order chi connectivity index (χ0) is 22.7. The molecule has 1 amide bonds. The summed E-state index contributed by atoms with van der Waals surface area (Å²) in [4.78, 5) is 16.8. The molecule has 0 saturated heterocycles. The second kappa shape index (κ2) is 9.65. The van der Waals surface area contributed by atoms with Gasteiger partial charge in [0.1, 0.15) is 22.9 Å². The van der Waals surface area contributed by atoms with Crippen molar-refractivity contribution in [3.8, 4) is 11.5 Å². The Kier molecular flexibility index (Phi) is 6.70. The number of hydrogen-bond donors (Lipinski definition) is 1. The standard InChI is InChI=1S/C25H23ClF2N2O2/c1-2-15-6-9-19(21(27)10-15)22(28)13-30-25(31)20-12-24(26)29-14-23(20)32-18-5-3-4-17(11-18)16-7-8-16/h3-6,9-12,14,16,22H,2,7-8,13H2,1H3,(H,30,31). The minimum absolute atomic E-state index is 0.0939. The molecule has 4 rings (SSSR count). The van der Waals surface area contributed by atoms with Crippen molar-refractivity contribution in [2.24, 2.45) is 0 Å². The number of carbonyl (C=O) groups is 1. The van der Waals surface area contributed by atoms with E-state index < -0.39 is 24.4 Å². The highest BCUT2D eigenvalue weighted by Gasteiger charge is 2.24. The number of halogens is 3. The van der Waals surface area contributed by atoms with Crippen LogP contribution >= 0.6 is 11.6 Å². The maximum atomic E-state index is 14.6.